The molecule has 2 aromatic rings. The second-order valence-corrected chi connectivity index (χ2v) is 4.96. The van der Waals surface area contributed by atoms with Crippen molar-refractivity contribution in [2.45, 2.75) is 25.8 Å². The van der Waals surface area contributed by atoms with Crippen LogP contribution in [0.15, 0.2) is 30.6 Å². The van der Waals surface area contributed by atoms with Crippen molar-refractivity contribution in [1.29, 1.82) is 0 Å². The zero-order valence-corrected chi connectivity index (χ0v) is 11.7. The number of carboxylic acid groups (broad SMARTS) is 1. The highest BCUT2D eigenvalue weighted by atomic mass is 16.4. The van der Waals surface area contributed by atoms with Crippen LogP contribution < -0.4 is 0 Å². The first-order valence-electron chi connectivity index (χ1n) is 6.97. The van der Waals surface area contributed by atoms with E-state index in [4.69, 9.17) is 0 Å². The second-order valence-electron chi connectivity index (χ2n) is 4.96. The fourth-order valence-corrected chi connectivity index (χ4v) is 2.74. The van der Waals surface area contributed by atoms with Crippen molar-refractivity contribution in [3.05, 3.63) is 41.9 Å². The van der Waals surface area contributed by atoms with Crippen LogP contribution in [0.3, 0.4) is 0 Å². The maximum Gasteiger partial charge on any atom is 0.407 e. The molecule has 0 aliphatic carbocycles. The standard InChI is InChI=1S/C15H16N4O2/c1-2-13-10-9-17-14(12-5-3-4-7-16-12)18-11(10)6-8-19(13)15(20)21/h3-5,7,9,13H,2,6,8H2,1H3,(H,20,21). The number of aromatic nitrogens is 3. The van der Waals surface area contributed by atoms with Crippen LogP contribution in [0.2, 0.25) is 0 Å². The molecule has 3 rings (SSSR count). The molecule has 0 spiro atoms. The lowest BCUT2D eigenvalue weighted by Crippen LogP contribution is -2.39. The zero-order valence-electron chi connectivity index (χ0n) is 11.7. The first kappa shape index (κ1) is 13.5. The van der Waals surface area contributed by atoms with E-state index >= 15 is 0 Å². The minimum absolute atomic E-state index is 0.163. The highest BCUT2D eigenvalue weighted by Crippen LogP contribution is 2.31. The van der Waals surface area contributed by atoms with E-state index in [1.807, 2.05) is 25.1 Å². The molecule has 1 N–H and O–H groups in total. The number of hydrogen-bond donors (Lipinski definition) is 1. The van der Waals surface area contributed by atoms with Gasteiger partial charge in [-0.05, 0) is 18.6 Å². The van der Waals surface area contributed by atoms with Gasteiger partial charge in [0.05, 0.1) is 11.7 Å². The highest BCUT2D eigenvalue weighted by Gasteiger charge is 2.30. The molecule has 1 atom stereocenters. The van der Waals surface area contributed by atoms with Gasteiger partial charge >= 0.3 is 6.09 Å². The van der Waals surface area contributed by atoms with Crippen molar-refractivity contribution >= 4 is 6.09 Å². The van der Waals surface area contributed by atoms with Gasteiger partial charge in [0.1, 0.15) is 5.69 Å². The molecule has 108 valence electrons. The molecule has 0 saturated carbocycles. The third kappa shape index (κ3) is 2.44. The third-order valence-electron chi connectivity index (χ3n) is 3.75. The first-order chi connectivity index (χ1) is 10.2. The van der Waals surface area contributed by atoms with Crippen LogP contribution >= 0.6 is 0 Å². The monoisotopic (exact) mass is 284 g/mol. The Morgan fingerprint density at radius 3 is 2.95 bits per heavy atom. The second kappa shape index (κ2) is 5.47. The molecule has 1 amide bonds. The van der Waals surface area contributed by atoms with E-state index in [1.54, 1.807) is 12.4 Å². The average Bonchev–Trinajstić information content (AvgIpc) is 2.53. The van der Waals surface area contributed by atoms with Crippen LogP contribution in [-0.4, -0.2) is 37.6 Å². The van der Waals surface area contributed by atoms with Crippen LogP contribution in [-0.2, 0) is 6.42 Å². The fourth-order valence-electron chi connectivity index (χ4n) is 2.74. The number of nitrogens with zero attached hydrogens (tertiary/aromatic N) is 4. The summed E-state index contributed by atoms with van der Waals surface area (Å²) in [5.41, 5.74) is 2.56. The van der Waals surface area contributed by atoms with Crippen molar-refractivity contribution in [2.24, 2.45) is 0 Å². The smallest absolute Gasteiger partial charge is 0.407 e. The Hall–Kier alpha value is -2.50. The highest BCUT2D eigenvalue weighted by molar-refractivity contribution is 5.66. The lowest BCUT2D eigenvalue weighted by molar-refractivity contribution is 0.118. The summed E-state index contributed by atoms with van der Waals surface area (Å²) in [6.45, 7) is 2.45. The Morgan fingerprint density at radius 1 is 1.43 bits per heavy atom. The molecule has 1 aliphatic heterocycles. The minimum atomic E-state index is -0.888. The van der Waals surface area contributed by atoms with Crippen LogP contribution in [0.5, 0.6) is 0 Å². The molecule has 2 aromatic heterocycles. The fraction of sp³-hybridized carbons (Fsp3) is 0.333. The van der Waals surface area contributed by atoms with E-state index in [9.17, 15) is 9.90 Å². The Balaban J connectivity index is 1.99. The maximum absolute atomic E-state index is 11.3. The van der Waals surface area contributed by atoms with Crippen molar-refractivity contribution in [2.75, 3.05) is 6.54 Å². The Labute approximate surface area is 122 Å². The lowest BCUT2D eigenvalue weighted by Gasteiger charge is -2.34. The molecule has 6 nitrogen and oxygen atoms in total. The molecule has 3 heterocycles. The Kier molecular flexibility index (Phi) is 3.51. The summed E-state index contributed by atoms with van der Waals surface area (Å²) < 4.78 is 0. The van der Waals surface area contributed by atoms with E-state index in [2.05, 4.69) is 15.0 Å². The number of amides is 1. The van der Waals surface area contributed by atoms with E-state index in [0.717, 1.165) is 17.0 Å². The summed E-state index contributed by atoms with van der Waals surface area (Å²) in [5, 5.41) is 9.27. The molecule has 0 bridgehead atoms. The van der Waals surface area contributed by atoms with Gasteiger partial charge in [0.25, 0.3) is 0 Å². The quantitative estimate of drug-likeness (QED) is 0.916. The maximum atomic E-state index is 11.3. The van der Waals surface area contributed by atoms with Crippen LogP contribution in [0, 0.1) is 0 Å². The molecule has 21 heavy (non-hydrogen) atoms. The SMILES string of the molecule is CCC1c2cnc(-c3ccccn3)nc2CCN1C(=O)O. The number of hydrogen-bond acceptors (Lipinski definition) is 4. The van der Waals surface area contributed by atoms with E-state index in [1.165, 1.54) is 4.90 Å². The van der Waals surface area contributed by atoms with Gasteiger partial charge in [-0.25, -0.2) is 14.8 Å². The molecule has 0 aromatic carbocycles. The average molecular weight is 284 g/mol. The van der Waals surface area contributed by atoms with Gasteiger partial charge < -0.3 is 10.0 Å². The van der Waals surface area contributed by atoms with Gasteiger partial charge in [-0.2, -0.15) is 0 Å². The van der Waals surface area contributed by atoms with Gasteiger partial charge in [-0.15, -0.1) is 0 Å². The van der Waals surface area contributed by atoms with Crippen molar-refractivity contribution in [1.82, 2.24) is 19.9 Å². The molecule has 6 heteroatoms. The van der Waals surface area contributed by atoms with Crippen molar-refractivity contribution < 1.29 is 9.90 Å². The predicted octanol–water partition coefficient (Wildman–Crippen LogP) is 2.53. The van der Waals surface area contributed by atoms with E-state index in [-0.39, 0.29) is 6.04 Å². The Morgan fingerprint density at radius 2 is 2.29 bits per heavy atom. The summed E-state index contributed by atoms with van der Waals surface area (Å²) in [5.74, 6) is 0.591. The van der Waals surface area contributed by atoms with Gasteiger partial charge in [0.2, 0.25) is 0 Å². The number of carbonyl (C=O) groups is 1. The summed E-state index contributed by atoms with van der Waals surface area (Å²) in [6.07, 6.45) is 3.89. The lowest BCUT2D eigenvalue weighted by atomic mass is 9.96. The molecule has 0 fully saturated rings. The molecule has 1 unspecified atom stereocenters. The summed E-state index contributed by atoms with van der Waals surface area (Å²) in [7, 11) is 0. The molecule has 0 radical (unpaired) electrons. The zero-order chi connectivity index (χ0) is 14.8. The summed E-state index contributed by atoms with van der Waals surface area (Å²) in [4.78, 5) is 26.0. The molecular formula is C15H16N4O2. The largest absolute Gasteiger partial charge is 0.465 e. The summed E-state index contributed by atoms with van der Waals surface area (Å²) >= 11 is 0. The van der Waals surface area contributed by atoms with Gasteiger partial charge in [-0.1, -0.05) is 13.0 Å². The third-order valence-corrected chi connectivity index (χ3v) is 3.75. The molecule has 0 saturated heterocycles. The molecular weight excluding hydrogens is 268 g/mol. The van der Waals surface area contributed by atoms with E-state index < -0.39 is 6.09 Å². The van der Waals surface area contributed by atoms with Crippen LogP contribution in [0.4, 0.5) is 4.79 Å². The predicted molar refractivity (Wildman–Crippen MR) is 76.7 cm³/mol. The van der Waals surface area contributed by atoms with Crippen molar-refractivity contribution in [3.8, 4) is 11.5 Å². The first-order valence-corrected chi connectivity index (χ1v) is 6.97. The number of pyridine rings is 1. The van der Waals surface area contributed by atoms with Crippen LogP contribution in [0.1, 0.15) is 30.6 Å². The van der Waals surface area contributed by atoms with Gasteiger partial charge in [0, 0.05) is 30.9 Å². The number of rotatable bonds is 2. The normalized spacial score (nSPS) is 17.4. The van der Waals surface area contributed by atoms with Gasteiger partial charge in [-0.3, -0.25) is 4.98 Å². The summed E-state index contributed by atoms with van der Waals surface area (Å²) in [6, 6.07) is 5.45. The van der Waals surface area contributed by atoms with E-state index in [0.29, 0.717) is 25.2 Å². The molecule has 1 aliphatic rings. The number of fused-ring (bicyclic) bond motifs is 1. The van der Waals surface area contributed by atoms with Crippen LogP contribution in [0.25, 0.3) is 11.5 Å². The Bertz CT molecular complexity index is 660. The van der Waals surface area contributed by atoms with Gasteiger partial charge in [0.15, 0.2) is 5.82 Å². The minimum Gasteiger partial charge on any atom is -0.465 e. The topological polar surface area (TPSA) is 79.2 Å². The van der Waals surface area contributed by atoms with Crippen molar-refractivity contribution in [3.63, 3.8) is 0 Å².